The largest absolute Gasteiger partial charge is 0.382 e. The van der Waals surface area contributed by atoms with Gasteiger partial charge in [0, 0.05) is 5.69 Å². The van der Waals surface area contributed by atoms with Crippen LogP contribution in [0.3, 0.4) is 0 Å². The molecule has 0 radical (unpaired) electrons. The van der Waals surface area contributed by atoms with Crippen LogP contribution < -0.4 is 16.8 Å². The summed E-state index contributed by atoms with van der Waals surface area (Å²) in [6, 6.07) is 1.20. The number of aryl methyl sites for hydroxylation is 1. The van der Waals surface area contributed by atoms with E-state index in [1.54, 1.807) is 13.0 Å². The molecule has 1 aromatic rings. The van der Waals surface area contributed by atoms with Crippen LogP contribution in [0.1, 0.15) is 30.6 Å². The number of hydrogen-bond acceptors (Lipinski definition) is 4. The third kappa shape index (κ3) is 2.35. The molecule has 17 heavy (non-hydrogen) atoms. The van der Waals surface area contributed by atoms with E-state index in [0.717, 1.165) is 24.1 Å². The highest BCUT2D eigenvalue weighted by molar-refractivity contribution is 6.32. The van der Waals surface area contributed by atoms with Gasteiger partial charge in [-0.3, -0.25) is 4.79 Å². The number of nitrogen functional groups attached to an aromatic ring is 1. The summed E-state index contributed by atoms with van der Waals surface area (Å²) in [5.74, 6) is 0.167. The third-order valence-electron chi connectivity index (χ3n) is 2.89. The SMILES string of the molecule is C[C@H](N)C(=O)NC1CCc2nc(N)c(Cl)cc21. The number of aromatic nitrogens is 1. The lowest BCUT2D eigenvalue weighted by atomic mass is 10.1. The number of nitrogens with two attached hydrogens (primary N) is 2. The van der Waals surface area contributed by atoms with Gasteiger partial charge in [-0.05, 0) is 31.4 Å². The topological polar surface area (TPSA) is 94.0 Å². The van der Waals surface area contributed by atoms with Crippen molar-refractivity contribution < 1.29 is 4.79 Å². The molecule has 5 N–H and O–H groups in total. The van der Waals surface area contributed by atoms with E-state index in [9.17, 15) is 4.79 Å². The molecule has 0 aliphatic heterocycles. The molecule has 0 fully saturated rings. The van der Waals surface area contributed by atoms with E-state index in [1.807, 2.05) is 0 Å². The van der Waals surface area contributed by atoms with Crippen molar-refractivity contribution in [2.45, 2.75) is 31.8 Å². The van der Waals surface area contributed by atoms with Gasteiger partial charge in [0.15, 0.2) is 0 Å². The Morgan fingerprint density at radius 1 is 1.71 bits per heavy atom. The fraction of sp³-hybridized carbons (Fsp3) is 0.455. The average molecular weight is 255 g/mol. The van der Waals surface area contributed by atoms with Crippen LogP contribution >= 0.6 is 11.6 Å². The summed E-state index contributed by atoms with van der Waals surface area (Å²) >= 11 is 5.93. The summed E-state index contributed by atoms with van der Waals surface area (Å²) in [6.45, 7) is 1.65. The molecule has 1 heterocycles. The molecular formula is C11H15ClN4O. The molecule has 0 saturated heterocycles. The molecule has 0 spiro atoms. The molecular weight excluding hydrogens is 240 g/mol. The van der Waals surface area contributed by atoms with Crippen molar-refractivity contribution >= 4 is 23.3 Å². The smallest absolute Gasteiger partial charge is 0.237 e. The molecule has 0 bridgehead atoms. The summed E-state index contributed by atoms with van der Waals surface area (Å²) < 4.78 is 0. The summed E-state index contributed by atoms with van der Waals surface area (Å²) in [5.41, 5.74) is 13.0. The highest BCUT2D eigenvalue weighted by atomic mass is 35.5. The van der Waals surface area contributed by atoms with Gasteiger partial charge < -0.3 is 16.8 Å². The first-order valence-electron chi connectivity index (χ1n) is 5.49. The molecule has 0 aromatic carbocycles. The second kappa shape index (κ2) is 4.50. The Hall–Kier alpha value is -1.33. The zero-order chi connectivity index (χ0) is 12.6. The molecule has 1 aliphatic rings. The molecule has 2 rings (SSSR count). The van der Waals surface area contributed by atoms with E-state index in [1.165, 1.54) is 0 Å². The zero-order valence-corrected chi connectivity index (χ0v) is 10.3. The predicted molar refractivity (Wildman–Crippen MR) is 66.5 cm³/mol. The van der Waals surface area contributed by atoms with Crippen LogP contribution in [0.25, 0.3) is 0 Å². The van der Waals surface area contributed by atoms with E-state index in [4.69, 9.17) is 23.1 Å². The number of carbonyl (C=O) groups is 1. The Morgan fingerprint density at radius 2 is 2.41 bits per heavy atom. The van der Waals surface area contributed by atoms with Crippen LogP contribution in [0.4, 0.5) is 5.82 Å². The lowest BCUT2D eigenvalue weighted by Crippen LogP contribution is -2.39. The van der Waals surface area contributed by atoms with E-state index in [2.05, 4.69) is 10.3 Å². The first kappa shape index (κ1) is 12.1. The van der Waals surface area contributed by atoms with Crippen molar-refractivity contribution in [2.75, 3.05) is 5.73 Å². The van der Waals surface area contributed by atoms with Crippen LogP contribution in [0, 0.1) is 0 Å². The Kier molecular flexibility index (Phi) is 3.22. The van der Waals surface area contributed by atoms with Gasteiger partial charge in [0.05, 0.1) is 17.1 Å². The highest BCUT2D eigenvalue weighted by Crippen LogP contribution is 2.33. The van der Waals surface area contributed by atoms with Gasteiger partial charge in [-0.1, -0.05) is 11.6 Å². The third-order valence-corrected chi connectivity index (χ3v) is 3.19. The first-order chi connectivity index (χ1) is 7.99. The Labute approximate surface area is 105 Å². The van der Waals surface area contributed by atoms with Crippen LogP contribution in [0.15, 0.2) is 6.07 Å². The predicted octanol–water partition coefficient (Wildman–Crippen LogP) is 0.768. The van der Waals surface area contributed by atoms with E-state index in [0.29, 0.717) is 10.8 Å². The Bertz CT molecular complexity index is 461. The maximum absolute atomic E-state index is 11.5. The summed E-state index contributed by atoms with van der Waals surface area (Å²) in [4.78, 5) is 15.8. The van der Waals surface area contributed by atoms with E-state index < -0.39 is 6.04 Å². The zero-order valence-electron chi connectivity index (χ0n) is 9.53. The first-order valence-corrected chi connectivity index (χ1v) is 5.87. The molecule has 92 valence electrons. The minimum absolute atomic E-state index is 0.0610. The lowest BCUT2D eigenvalue weighted by molar-refractivity contribution is -0.122. The second-order valence-corrected chi connectivity index (χ2v) is 4.69. The molecule has 1 aromatic heterocycles. The molecule has 2 atom stereocenters. The number of amides is 1. The maximum atomic E-state index is 11.5. The summed E-state index contributed by atoms with van der Waals surface area (Å²) in [6.07, 6.45) is 1.60. The van der Waals surface area contributed by atoms with Crippen LogP contribution in [-0.4, -0.2) is 16.9 Å². The number of anilines is 1. The highest BCUT2D eigenvalue weighted by Gasteiger charge is 2.26. The monoisotopic (exact) mass is 254 g/mol. The van der Waals surface area contributed by atoms with Gasteiger partial charge >= 0.3 is 0 Å². The van der Waals surface area contributed by atoms with Gasteiger partial charge in [-0.25, -0.2) is 4.98 Å². The van der Waals surface area contributed by atoms with Crippen LogP contribution in [0.2, 0.25) is 5.02 Å². The van der Waals surface area contributed by atoms with Crippen molar-refractivity contribution in [1.29, 1.82) is 0 Å². The maximum Gasteiger partial charge on any atom is 0.237 e. The van der Waals surface area contributed by atoms with Gasteiger partial charge in [0.25, 0.3) is 0 Å². The fourth-order valence-corrected chi connectivity index (χ4v) is 2.11. The molecule has 1 aliphatic carbocycles. The minimum atomic E-state index is -0.517. The van der Waals surface area contributed by atoms with Crippen molar-refractivity contribution in [3.8, 4) is 0 Å². The number of fused-ring (bicyclic) bond motifs is 1. The quantitative estimate of drug-likeness (QED) is 0.727. The average Bonchev–Trinajstić information content (AvgIpc) is 2.62. The number of halogens is 1. The number of hydrogen-bond donors (Lipinski definition) is 3. The number of pyridine rings is 1. The van der Waals surface area contributed by atoms with Crippen molar-refractivity contribution in [3.63, 3.8) is 0 Å². The number of carbonyl (C=O) groups excluding carboxylic acids is 1. The molecule has 0 saturated carbocycles. The second-order valence-electron chi connectivity index (χ2n) is 4.28. The standard InChI is InChI=1S/C11H15ClN4O/c1-5(13)11(17)16-9-3-2-8-6(9)4-7(12)10(14)15-8/h4-5,9H,2-3,13H2,1H3,(H2,14,15)(H,16,17)/t5-,9?/m0/s1. The molecule has 5 nitrogen and oxygen atoms in total. The number of rotatable bonds is 2. The van der Waals surface area contributed by atoms with Crippen LogP contribution in [-0.2, 0) is 11.2 Å². The van der Waals surface area contributed by atoms with Crippen molar-refractivity contribution in [3.05, 3.63) is 22.3 Å². The number of nitrogens with one attached hydrogen (secondary N) is 1. The number of nitrogens with zero attached hydrogens (tertiary/aromatic N) is 1. The minimum Gasteiger partial charge on any atom is -0.382 e. The molecule has 1 unspecified atom stereocenters. The van der Waals surface area contributed by atoms with Crippen LogP contribution in [0.5, 0.6) is 0 Å². The fourth-order valence-electron chi connectivity index (χ4n) is 1.95. The lowest BCUT2D eigenvalue weighted by Gasteiger charge is -2.15. The van der Waals surface area contributed by atoms with Gasteiger partial charge in [-0.2, -0.15) is 0 Å². The van der Waals surface area contributed by atoms with Crippen molar-refractivity contribution in [1.82, 2.24) is 10.3 Å². The molecule has 1 amide bonds. The van der Waals surface area contributed by atoms with Gasteiger partial charge in [0.2, 0.25) is 5.91 Å². The van der Waals surface area contributed by atoms with Crippen molar-refractivity contribution in [2.24, 2.45) is 5.73 Å². The van der Waals surface area contributed by atoms with E-state index in [-0.39, 0.29) is 11.9 Å². The van der Waals surface area contributed by atoms with E-state index >= 15 is 0 Å². The summed E-state index contributed by atoms with van der Waals surface area (Å²) in [5, 5.41) is 3.30. The Morgan fingerprint density at radius 3 is 3.06 bits per heavy atom. The van der Waals surface area contributed by atoms with Gasteiger partial charge in [0.1, 0.15) is 5.82 Å². The Balaban J connectivity index is 2.22. The van der Waals surface area contributed by atoms with Gasteiger partial charge in [-0.15, -0.1) is 0 Å². The summed E-state index contributed by atoms with van der Waals surface area (Å²) in [7, 11) is 0. The molecule has 6 heteroatoms. The normalized spacial score (nSPS) is 19.8.